The zero-order chi connectivity index (χ0) is 17.9. The van der Waals surface area contributed by atoms with E-state index in [-0.39, 0.29) is 35.1 Å². The maximum absolute atomic E-state index is 12.8. The molecular formula is C20H26O4. The van der Waals surface area contributed by atoms with Crippen LogP contribution in [0.1, 0.15) is 53.4 Å². The molecule has 1 saturated heterocycles. The minimum Gasteiger partial charge on any atom is -0.449 e. The number of hydrogen-bond acceptors (Lipinski definition) is 4. The Balaban J connectivity index is 2.22. The number of ether oxygens (including phenoxy) is 1. The quantitative estimate of drug-likeness (QED) is 0.452. The standard InChI is InChI=1S/C20H26O4/c1-12(2)14-8-16(22)15-9-20(13(3)11-21)18(4,10-17(23)24-20)6-7-19(14,15)5/h9,11-12,14H,3,6-8,10H2,1-2,4-5H3/t14-,18-,19-,20+/m1/s1. The molecule has 0 aromatic heterocycles. The number of fused-ring (bicyclic) bond motifs is 2. The van der Waals surface area contributed by atoms with Crippen LogP contribution in [0.5, 0.6) is 0 Å². The molecule has 3 aliphatic rings. The van der Waals surface area contributed by atoms with E-state index >= 15 is 0 Å². The maximum atomic E-state index is 12.8. The largest absolute Gasteiger partial charge is 0.449 e. The molecule has 130 valence electrons. The average molecular weight is 330 g/mol. The van der Waals surface area contributed by atoms with Crippen LogP contribution in [0.2, 0.25) is 0 Å². The van der Waals surface area contributed by atoms with Crippen molar-refractivity contribution in [3.8, 4) is 0 Å². The van der Waals surface area contributed by atoms with Gasteiger partial charge in [0.15, 0.2) is 11.4 Å². The first-order chi connectivity index (χ1) is 11.1. The lowest BCUT2D eigenvalue weighted by Crippen LogP contribution is -2.43. The number of rotatable bonds is 3. The first kappa shape index (κ1) is 17.1. The van der Waals surface area contributed by atoms with E-state index in [1.165, 1.54) is 0 Å². The zero-order valence-electron chi connectivity index (χ0n) is 15.0. The van der Waals surface area contributed by atoms with Crippen LogP contribution < -0.4 is 0 Å². The highest BCUT2D eigenvalue weighted by Crippen LogP contribution is 2.61. The summed E-state index contributed by atoms with van der Waals surface area (Å²) in [4.78, 5) is 36.4. The van der Waals surface area contributed by atoms with Gasteiger partial charge in [0.05, 0.1) is 6.42 Å². The number of esters is 1. The summed E-state index contributed by atoms with van der Waals surface area (Å²) in [6.45, 7) is 12.3. The average Bonchev–Trinajstić information content (AvgIpc) is 2.87. The summed E-state index contributed by atoms with van der Waals surface area (Å²) in [5.74, 6) is 0.451. The predicted octanol–water partition coefficient (Wildman–Crippen LogP) is 3.41. The Morgan fingerprint density at radius 2 is 2.00 bits per heavy atom. The summed E-state index contributed by atoms with van der Waals surface area (Å²) in [7, 11) is 0. The number of carbonyl (C=O) groups excluding carboxylic acids is 3. The second-order valence-electron chi connectivity index (χ2n) is 8.54. The number of ketones is 1. The third-order valence-corrected chi connectivity index (χ3v) is 6.81. The molecule has 0 radical (unpaired) electrons. The highest BCUT2D eigenvalue weighted by Gasteiger charge is 2.63. The highest BCUT2D eigenvalue weighted by molar-refractivity contribution is 6.00. The fourth-order valence-electron chi connectivity index (χ4n) is 5.23. The summed E-state index contributed by atoms with van der Waals surface area (Å²) < 4.78 is 5.69. The van der Waals surface area contributed by atoms with Crippen LogP contribution in [0.3, 0.4) is 0 Å². The van der Waals surface area contributed by atoms with E-state index in [4.69, 9.17) is 4.74 Å². The Bertz CT molecular complexity index is 673. The molecule has 4 heteroatoms. The van der Waals surface area contributed by atoms with Gasteiger partial charge in [0, 0.05) is 23.0 Å². The molecule has 0 aromatic rings. The predicted molar refractivity (Wildman–Crippen MR) is 90.1 cm³/mol. The van der Waals surface area contributed by atoms with Gasteiger partial charge in [-0.1, -0.05) is 34.3 Å². The molecule has 1 heterocycles. The van der Waals surface area contributed by atoms with Gasteiger partial charge in [0.25, 0.3) is 0 Å². The normalized spacial score (nSPS) is 41.4. The van der Waals surface area contributed by atoms with Crippen LogP contribution in [0.15, 0.2) is 23.8 Å². The summed E-state index contributed by atoms with van der Waals surface area (Å²) in [6.07, 6.45) is 4.75. The van der Waals surface area contributed by atoms with E-state index in [1.54, 1.807) is 6.08 Å². The second-order valence-corrected chi connectivity index (χ2v) is 8.54. The molecule has 0 unspecified atom stereocenters. The van der Waals surface area contributed by atoms with Gasteiger partial charge in [-0.05, 0) is 36.2 Å². The fraction of sp³-hybridized carbons (Fsp3) is 0.650. The van der Waals surface area contributed by atoms with Crippen molar-refractivity contribution in [2.45, 2.75) is 59.0 Å². The lowest BCUT2D eigenvalue weighted by atomic mass is 9.66. The molecule has 4 atom stereocenters. The van der Waals surface area contributed by atoms with Crippen molar-refractivity contribution in [2.24, 2.45) is 22.7 Å². The zero-order valence-corrected chi connectivity index (χ0v) is 15.0. The smallest absolute Gasteiger partial charge is 0.307 e. The van der Waals surface area contributed by atoms with Crippen molar-refractivity contribution in [3.05, 3.63) is 23.8 Å². The summed E-state index contributed by atoms with van der Waals surface area (Å²) in [6, 6.07) is 0. The molecule has 0 amide bonds. The number of allylic oxidation sites excluding steroid dienone is 1. The Labute approximate surface area is 143 Å². The minimum atomic E-state index is -1.18. The van der Waals surface area contributed by atoms with Crippen LogP contribution in [-0.4, -0.2) is 23.6 Å². The number of aldehydes is 1. The van der Waals surface area contributed by atoms with Crippen molar-refractivity contribution < 1.29 is 19.1 Å². The summed E-state index contributed by atoms with van der Waals surface area (Å²) >= 11 is 0. The van der Waals surface area contributed by atoms with Crippen LogP contribution in [0.25, 0.3) is 0 Å². The van der Waals surface area contributed by atoms with Gasteiger partial charge in [0.1, 0.15) is 6.29 Å². The first-order valence-electron chi connectivity index (χ1n) is 8.72. The summed E-state index contributed by atoms with van der Waals surface area (Å²) in [5, 5.41) is 0. The van der Waals surface area contributed by atoms with E-state index in [2.05, 4.69) is 27.4 Å². The van der Waals surface area contributed by atoms with E-state index in [1.807, 2.05) is 6.92 Å². The van der Waals surface area contributed by atoms with Crippen molar-refractivity contribution in [1.82, 2.24) is 0 Å². The monoisotopic (exact) mass is 330 g/mol. The highest BCUT2D eigenvalue weighted by atomic mass is 16.6. The van der Waals surface area contributed by atoms with Crippen LogP contribution in [0.4, 0.5) is 0 Å². The molecular weight excluding hydrogens is 304 g/mol. The van der Waals surface area contributed by atoms with Crippen LogP contribution in [0, 0.1) is 22.7 Å². The van der Waals surface area contributed by atoms with Gasteiger partial charge in [-0.3, -0.25) is 14.4 Å². The van der Waals surface area contributed by atoms with Crippen molar-refractivity contribution >= 4 is 18.0 Å². The number of carbonyl (C=O) groups is 3. The van der Waals surface area contributed by atoms with Crippen molar-refractivity contribution in [3.63, 3.8) is 0 Å². The molecule has 4 nitrogen and oxygen atoms in total. The molecule has 3 rings (SSSR count). The third-order valence-electron chi connectivity index (χ3n) is 6.81. The van der Waals surface area contributed by atoms with Gasteiger partial charge >= 0.3 is 5.97 Å². The van der Waals surface area contributed by atoms with Gasteiger partial charge in [0.2, 0.25) is 0 Å². The van der Waals surface area contributed by atoms with Gasteiger partial charge < -0.3 is 4.74 Å². The topological polar surface area (TPSA) is 60.4 Å². The maximum Gasteiger partial charge on any atom is 0.307 e. The summed E-state index contributed by atoms with van der Waals surface area (Å²) in [5.41, 5.74) is -0.998. The molecule has 0 aromatic carbocycles. The third kappa shape index (κ3) is 2.01. The Morgan fingerprint density at radius 1 is 1.33 bits per heavy atom. The lowest BCUT2D eigenvalue weighted by molar-refractivity contribution is -0.144. The molecule has 2 fully saturated rings. The number of hydrogen-bond donors (Lipinski definition) is 0. The first-order valence-corrected chi connectivity index (χ1v) is 8.72. The number of Topliss-reactive ketones (excluding diaryl/α,β-unsaturated/α-hetero) is 1. The van der Waals surface area contributed by atoms with Crippen LogP contribution >= 0.6 is 0 Å². The second kappa shape index (κ2) is 5.14. The van der Waals surface area contributed by atoms with Crippen molar-refractivity contribution in [2.75, 3.05) is 0 Å². The molecule has 1 saturated carbocycles. The Morgan fingerprint density at radius 3 is 2.58 bits per heavy atom. The van der Waals surface area contributed by atoms with Crippen molar-refractivity contribution in [1.29, 1.82) is 0 Å². The van der Waals surface area contributed by atoms with Gasteiger partial charge in [-0.25, -0.2) is 0 Å². The molecule has 0 N–H and O–H groups in total. The van der Waals surface area contributed by atoms with Gasteiger partial charge in [-0.15, -0.1) is 0 Å². The molecule has 0 spiro atoms. The van der Waals surface area contributed by atoms with Crippen LogP contribution in [-0.2, 0) is 19.1 Å². The molecule has 2 aliphatic carbocycles. The van der Waals surface area contributed by atoms with E-state index in [9.17, 15) is 14.4 Å². The molecule has 24 heavy (non-hydrogen) atoms. The molecule has 0 bridgehead atoms. The Kier molecular flexibility index (Phi) is 3.67. The SMILES string of the molecule is C=C(C=O)[C@@]12C=C3C(=O)C[C@H](C(C)C)[C@@]3(C)CC[C@]1(C)CC(=O)O2. The molecule has 1 aliphatic heterocycles. The Hall–Kier alpha value is -1.71. The lowest BCUT2D eigenvalue weighted by Gasteiger charge is -2.38. The van der Waals surface area contributed by atoms with E-state index < -0.39 is 11.0 Å². The fourth-order valence-corrected chi connectivity index (χ4v) is 5.23. The van der Waals surface area contributed by atoms with Gasteiger partial charge in [-0.2, -0.15) is 0 Å². The van der Waals surface area contributed by atoms with E-state index in [0.717, 1.165) is 18.4 Å². The van der Waals surface area contributed by atoms with E-state index in [0.29, 0.717) is 18.6 Å². The minimum absolute atomic E-state index is 0.112.